The average Bonchev–Trinajstić information content (AvgIpc) is 3.53. The summed E-state index contributed by atoms with van der Waals surface area (Å²) in [6, 6.07) is 20.1. The predicted octanol–water partition coefficient (Wildman–Crippen LogP) is 4.05. The van der Waals surface area contributed by atoms with Gasteiger partial charge in [-0.15, -0.1) is 0 Å². The van der Waals surface area contributed by atoms with Crippen LogP contribution < -0.4 is 16.1 Å². The van der Waals surface area contributed by atoms with Crippen molar-refractivity contribution in [2.24, 2.45) is 11.3 Å². The standard InChI is InChI=1S/C42H57N7O8/c1-8-28(2)35(49-23-22-47(41(49)55)25-32-21-15-16-29(3)43-32)37(51)44-33(24-30-17-11-9-12-18-30)34(50)26-48(27-57-39(53)31-19-13-10-14-20-31)46-38(52)36(42(4,5)6)45-40(54)56-7/h9-21,28,33-36,50H,8,22-27H2,1-7H3,(H,44,51)(H,45,54)(H,46,52). The Morgan fingerprint density at radius 3 is 2.21 bits per heavy atom. The second-order valence-electron chi connectivity index (χ2n) is 15.4. The fourth-order valence-corrected chi connectivity index (χ4v) is 6.59. The summed E-state index contributed by atoms with van der Waals surface area (Å²) in [5.41, 5.74) is 4.61. The Balaban J connectivity index is 1.59. The van der Waals surface area contributed by atoms with Gasteiger partial charge in [0.1, 0.15) is 12.1 Å². The van der Waals surface area contributed by atoms with Gasteiger partial charge in [-0.1, -0.05) is 95.6 Å². The molecule has 4 N–H and O–H groups in total. The van der Waals surface area contributed by atoms with Crippen molar-refractivity contribution in [2.45, 2.75) is 85.2 Å². The van der Waals surface area contributed by atoms with E-state index in [-0.39, 0.29) is 30.5 Å². The molecule has 1 aliphatic heterocycles. The third-order valence-corrected chi connectivity index (χ3v) is 9.92. The Labute approximate surface area is 335 Å². The maximum absolute atomic E-state index is 14.4. The Bertz CT molecular complexity index is 1810. The summed E-state index contributed by atoms with van der Waals surface area (Å²) in [6.07, 6.45) is -1.36. The smallest absolute Gasteiger partial charge is 0.407 e. The van der Waals surface area contributed by atoms with Crippen LogP contribution in [-0.4, -0.2) is 113 Å². The van der Waals surface area contributed by atoms with Gasteiger partial charge in [0.2, 0.25) is 5.91 Å². The van der Waals surface area contributed by atoms with E-state index in [0.29, 0.717) is 26.1 Å². The highest BCUT2D eigenvalue weighted by molar-refractivity contribution is 5.90. The van der Waals surface area contributed by atoms with Gasteiger partial charge in [0.25, 0.3) is 5.91 Å². The molecular weight excluding hydrogens is 731 g/mol. The molecule has 5 amide bonds. The number of nitrogens with one attached hydrogen (secondary N) is 3. The van der Waals surface area contributed by atoms with Gasteiger partial charge in [0, 0.05) is 25.3 Å². The summed E-state index contributed by atoms with van der Waals surface area (Å²) in [4.78, 5) is 75.0. The molecule has 1 fully saturated rings. The van der Waals surface area contributed by atoms with Crippen molar-refractivity contribution in [1.82, 2.24) is 35.9 Å². The van der Waals surface area contributed by atoms with Gasteiger partial charge in [-0.2, -0.15) is 5.01 Å². The van der Waals surface area contributed by atoms with Crippen molar-refractivity contribution in [3.63, 3.8) is 0 Å². The van der Waals surface area contributed by atoms with Crippen molar-refractivity contribution in [3.8, 4) is 0 Å². The van der Waals surface area contributed by atoms with E-state index in [1.165, 1.54) is 12.1 Å². The molecule has 5 unspecified atom stereocenters. The number of nitrogens with zero attached hydrogens (tertiary/aromatic N) is 4. The van der Waals surface area contributed by atoms with Crippen LogP contribution in [0.5, 0.6) is 0 Å². The zero-order valence-corrected chi connectivity index (χ0v) is 33.9. The SMILES string of the molecule is CCC(C)C(C(=O)NC(Cc1ccccc1)C(O)CN(COC(=O)c1ccccc1)NC(=O)C(NC(=O)OC)C(C)(C)C)N1CCN(Cc2cccc(C)n2)C1=O. The number of ether oxygens (including phenoxy) is 2. The minimum absolute atomic E-state index is 0.195. The number of alkyl carbamates (subject to hydrolysis) is 1. The van der Waals surface area contributed by atoms with Crippen LogP contribution in [0.2, 0.25) is 0 Å². The number of carbonyl (C=O) groups is 5. The van der Waals surface area contributed by atoms with Gasteiger partial charge in [-0.3, -0.25) is 20.0 Å². The Morgan fingerprint density at radius 2 is 1.60 bits per heavy atom. The molecule has 2 aromatic carbocycles. The number of aryl methyl sites for hydroxylation is 1. The highest BCUT2D eigenvalue weighted by atomic mass is 16.5. The Kier molecular flexibility index (Phi) is 15.9. The molecule has 5 atom stereocenters. The molecule has 0 radical (unpaired) electrons. The lowest BCUT2D eigenvalue weighted by atomic mass is 9.86. The lowest BCUT2D eigenvalue weighted by molar-refractivity contribution is -0.135. The third-order valence-electron chi connectivity index (χ3n) is 9.92. The number of rotatable bonds is 18. The van der Waals surface area contributed by atoms with Crippen LogP contribution in [0.25, 0.3) is 0 Å². The number of aliphatic hydroxyl groups excluding tert-OH is 1. The van der Waals surface area contributed by atoms with E-state index < -0.39 is 60.3 Å². The highest BCUT2D eigenvalue weighted by Crippen LogP contribution is 2.23. The first kappa shape index (κ1) is 44.2. The molecule has 1 aromatic heterocycles. The molecule has 308 valence electrons. The van der Waals surface area contributed by atoms with Gasteiger partial charge >= 0.3 is 18.1 Å². The maximum Gasteiger partial charge on any atom is 0.407 e. The van der Waals surface area contributed by atoms with E-state index in [1.54, 1.807) is 60.9 Å². The molecule has 1 aliphatic rings. The van der Waals surface area contributed by atoms with E-state index in [1.807, 2.05) is 69.3 Å². The van der Waals surface area contributed by atoms with Crippen LogP contribution in [0, 0.1) is 18.3 Å². The van der Waals surface area contributed by atoms with E-state index in [2.05, 4.69) is 21.0 Å². The second kappa shape index (κ2) is 20.6. The summed E-state index contributed by atoms with van der Waals surface area (Å²) >= 11 is 0. The number of carbonyl (C=O) groups excluding carboxylic acids is 5. The number of hydrogen-bond acceptors (Lipinski definition) is 10. The zero-order valence-electron chi connectivity index (χ0n) is 33.9. The van der Waals surface area contributed by atoms with Gasteiger partial charge in [0.05, 0.1) is 37.1 Å². The number of esters is 1. The monoisotopic (exact) mass is 787 g/mol. The fourth-order valence-electron chi connectivity index (χ4n) is 6.59. The Hall–Kier alpha value is -5.54. The van der Waals surface area contributed by atoms with Gasteiger partial charge in [-0.05, 0) is 54.5 Å². The lowest BCUT2D eigenvalue weighted by Crippen LogP contribution is -2.61. The molecule has 0 aliphatic carbocycles. The van der Waals surface area contributed by atoms with Crippen LogP contribution in [0.15, 0.2) is 78.9 Å². The average molecular weight is 788 g/mol. The Morgan fingerprint density at radius 1 is 0.930 bits per heavy atom. The van der Waals surface area contributed by atoms with Crippen molar-refractivity contribution in [2.75, 3.05) is 33.5 Å². The molecule has 1 saturated heterocycles. The first-order chi connectivity index (χ1) is 27.1. The van der Waals surface area contributed by atoms with E-state index in [0.717, 1.165) is 17.0 Å². The highest BCUT2D eigenvalue weighted by Gasteiger charge is 2.41. The van der Waals surface area contributed by atoms with Crippen LogP contribution in [0.4, 0.5) is 9.59 Å². The number of hydrazine groups is 1. The molecule has 0 bridgehead atoms. The number of hydrogen-bond donors (Lipinski definition) is 4. The molecule has 0 spiro atoms. The maximum atomic E-state index is 14.4. The molecule has 2 heterocycles. The number of aliphatic hydroxyl groups is 1. The van der Waals surface area contributed by atoms with E-state index >= 15 is 0 Å². The van der Waals surface area contributed by atoms with Crippen LogP contribution in [0.3, 0.4) is 0 Å². The van der Waals surface area contributed by atoms with Crippen LogP contribution in [-0.2, 0) is 32.0 Å². The molecule has 15 nitrogen and oxygen atoms in total. The van der Waals surface area contributed by atoms with Crippen LogP contribution in [0.1, 0.15) is 68.3 Å². The number of methoxy groups -OCH3 is 1. The topological polar surface area (TPSA) is 183 Å². The third kappa shape index (κ3) is 12.7. The minimum atomic E-state index is -1.35. The number of amides is 5. The quantitative estimate of drug-likeness (QED) is 0.0834. The van der Waals surface area contributed by atoms with E-state index in [9.17, 15) is 29.1 Å². The summed E-state index contributed by atoms with van der Waals surface area (Å²) in [5.74, 6) is -1.99. The summed E-state index contributed by atoms with van der Waals surface area (Å²) in [7, 11) is 1.18. The number of aromatic nitrogens is 1. The molecule has 15 heteroatoms. The first-order valence-corrected chi connectivity index (χ1v) is 19.2. The second-order valence-corrected chi connectivity index (χ2v) is 15.4. The normalized spacial score (nSPS) is 15.6. The summed E-state index contributed by atoms with van der Waals surface area (Å²) in [6.45, 7) is 11.3. The van der Waals surface area contributed by atoms with Crippen LogP contribution >= 0.6 is 0 Å². The molecule has 4 rings (SSSR count). The predicted molar refractivity (Wildman–Crippen MR) is 213 cm³/mol. The molecular formula is C42H57N7O8. The first-order valence-electron chi connectivity index (χ1n) is 19.2. The molecule has 3 aromatic rings. The van der Waals surface area contributed by atoms with Crippen molar-refractivity contribution >= 4 is 29.9 Å². The molecule has 0 saturated carbocycles. The summed E-state index contributed by atoms with van der Waals surface area (Å²) < 4.78 is 10.3. The van der Waals surface area contributed by atoms with Crippen molar-refractivity contribution < 1.29 is 38.6 Å². The number of pyridine rings is 1. The van der Waals surface area contributed by atoms with Crippen molar-refractivity contribution in [3.05, 3.63) is 101 Å². The number of benzene rings is 2. The van der Waals surface area contributed by atoms with E-state index in [4.69, 9.17) is 9.47 Å². The molecule has 57 heavy (non-hydrogen) atoms. The van der Waals surface area contributed by atoms with Gasteiger partial charge in [0.15, 0.2) is 6.73 Å². The largest absolute Gasteiger partial charge is 0.453 e. The zero-order chi connectivity index (χ0) is 41.7. The van der Waals surface area contributed by atoms with Gasteiger partial charge in [-0.25, -0.2) is 14.4 Å². The van der Waals surface area contributed by atoms with Gasteiger partial charge < -0.3 is 35.0 Å². The number of urea groups is 1. The minimum Gasteiger partial charge on any atom is -0.453 e. The lowest BCUT2D eigenvalue weighted by Gasteiger charge is -2.35. The summed E-state index contributed by atoms with van der Waals surface area (Å²) in [5, 5.41) is 18.8. The van der Waals surface area contributed by atoms with Crippen molar-refractivity contribution in [1.29, 1.82) is 0 Å². The fraction of sp³-hybridized carbons (Fsp3) is 0.476.